The van der Waals surface area contributed by atoms with E-state index in [1.165, 1.54) is 33.8 Å². The lowest BCUT2D eigenvalue weighted by Crippen LogP contribution is -2.40. The average Bonchev–Trinajstić information content (AvgIpc) is 3.15. The van der Waals surface area contributed by atoms with Crippen LogP contribution in [0.25, 0.3) is 0 Å². The fourth-order valence-electron chi connectivity index (χ4n) is 2.55. The van der Waals surface area contributed by atoms with Gasteiger partial charge in [0.05, 0.1) is 43.7 Å². The van der Waals surface area contributed by atoms with E-state index in [9.17, 15) is 8.42 Å². The number of benzene rings is 1. The Kier molecular flexibility index (Phi) is 7.49. The van der Waals surface area contributed by atoms with Crippen molar-refractivity contribution in [2.45, 2.75) is 11.8 Å². The van der Waals surface area contributed by atoms with Gasteiger partial charge in [-0.25, -0.2) is 8.42 Å². The lowest BCUT2D eigenvalue weighted by atomic mass is 10.3. The largest absolute Gasteiger partial charge is 0.379 e. The van der Waals surface area contributed by atoms with Gasteiger partial charge < -0.3 is 10.1 Å². The van der Waals surface area contributed by atoms with Gasteiger partial charge in [0.1, 0.15) is 0 Å². The highest BCUT2D eigenvalue weighted by molar-refractivity contribution is 7.89. The molecule has 12 heteroatoms. The summed E-state index contributed by atoms with van der Waals surface area (Å²) >= 11 is 18.8. The Hall–Kier alpha value is -1.27. The average molecular weight is 493 g/mol. The van der Waals surface area contributed by atoms with Crippen LogP contribution in [-0.4, -0.2) is 49.9 Å². The summed E-state index contributed by atoms with van der Waals surface area (Å²) in [4.78, 5) is 1.03. The standard InChI is InChI=1S/C17H18Cl2N4O3S3/c1-11(15-4-5-16(19)28-15)21-22-17(27)20-14-10-12(2-3-13(14)18)29(24,25)23-6-8-26-9-7-23/h2-5,10H,6-9H2,1H3,(H2,20,22,27)/b21-11-. The van der Waals surface area contributed by atoms with Gasteiger partial charge in [0.25, 0.3) is 0 Å². The quantitative estimate of drug-likeness (QED) is 0.375. The van der Waals surface area contributed by atoms with Crippen molar-refractivity contribution in [2.75, 3.05) is 31.6 Å². The summed E-state index contributed by atoms with van der Waals surface area (Å²) in [6.07, 6.45) is 0. The molecule has 7 nitrogen and oxygen atoms in total. The maximum absolute atomic E-state index is 12.8. The van der Waals surface area contributed by atoms with Crippen molar-refractivity contribution >= 4 is 73.3 Å². The molecule has 1 aliphatic heterocycles. The van der Waals surface area contributed by atoms with Crippen LogP contribution in [0.4, 0.5) is 5.69 Å². The number of hydrogen-bond acceptors (Lipinski definition) is 6. The number of anilines is 1. The summed E-state index contributed by atoms with van der Waals surface area (Å²) in [5.41, 5.74) is 3.80. The third-order valence-corrected chi connectivity index (χ3v) is 7.81. The number of halogens is 2. The third-order valence-electron chi connectivity index (χ3n) is 4.05. The molecular formula is C17H18Cl2N4O3S3. The minimum atomic E-state index is -3.64. The van der Waals surface area contributed by atoms with E-state index in [1.54, 1.807) is 6.07 Å². The second-order valence-electron chi connectivity index (χ2n) is 6.03. The van der Waals surface area contributed by atoms with E-state index in [1.807, 2.05) is 13.0 Å². The molecule has 0 atom stereocenters. The number of nitrogens with zero attached hydrogens (tertiary/aromatic N) is 2. The molecule has 1 fully saturated rings. The number of morpholine rings is 1. The molecule has 0 amide bonds. The maximum Gasteiger partial charge on any atom is 0.243 e. The zero-order valence-electron chi connectivity index (χ0n) is 15.3. The Morgan fingerprint density at radius 2 is 1.97 bits per heavy atom. The first-order valence-electron chi connectivity index (χ1n) is 8.52. The Morgan fingerprint density at radius 1 is 1.24 bits per heavy atom. The third kappa shape index (κ3) is 5.66. The summed E-state index contributed by atoms with van der Waals surface area (Å²) < 4.78 is 32.9. The SMILES string of the molecule is C/C(=N/NC(=S)Nc1cc(S(=O)(=O)N2CCOCC2)ccc1Cl)c1ccc(Cl)s1. The molecule has 1 aromatic heterocycles. The molecule has 29 heavy (non-hydrogen) atoms. The lowest BCUT2D eigenvalue weighted by molar-refractivity contribution is 0.0730. The van der Waals surface area contributed by atoms with Gasteiger partial charge in [0, 0.05) is 13.1 Å². The number of thiocarbonyl (C=S) groups is 1. The molecule has 2 heterocycles. The van der Waals surface area contributed by atoms with Crippen LogP contribution in [0, 0.1) is 0 Å². The second-order valence-corrected chi connectivity index (χ2v) is 10.5. The molecule has 0 saturated carbocycles. The number of hydrogen-bond donors (Lipinski definition) is 2. The molecule has 0 spiro atoms. The molecule has 0 radical (unpaired) electrons. The Balaban J connectivity index is 1.72. The molecule has 1 saturated heterocycles. The zero-order valence-corrected chi connectivity index (χ0v) is 19.3. The topological polar surface area (TPSA) is 83.0 Å². The smallest absolute Gasteiger partial charge is 0.243 e. The van der Waals surface area contributed by atoms with Crippen molar-refractivity contribution in [1.82, 2.24) is 9.73 Å². The lowest BCUT2D eigenvalue weighted by Gasteiger charge is -2.26. The van der Waals surface area contributed by atoms with E-state index in [4.69, 9.17) is 40.2 Å². The molecule has 0 bridgehead atoms. The van der Waals surface area contributed by atoms with E-state index in [2.05, 4.69) is 15.8 Å². The fraction of sp³-hybridized carbons (Fsp3) is 0.294. The summed E-state index contributed by atoms with van der Waals surface area (Å²) in [7, 11) is -3.64. The number of sulfonamides is 1. The fourth-order valence-corrected chi connectivity index (χ4v) is 5.29. The predicted octanol–water partition coefficient (Wildman–Crippen LogP) is 3.79. The molecule has 2 N–H and O–H groups in total. The Labute approximate surface area is 188 Å². The van der Waals surface area contributed by atoms with E-state index in [-0.39, 0.29) is 10.0 Å². The van der Waals surface area contributed by atoms with Crippen LogP contribution in [0.3, 0.4) is 0 Å². The van der Waals surface area contributed by atoms with Crippen molar-refractivity contribution in [1.29, 1.82) is 0 Å². The van der Waals surface area contributed by atoms with Crippen molar-refractivity contribution in [3.05, 3.63) is 44.6 Å². The van der Waals surface area contributed by atoms with Crippen LogP contribution < -0.4 is 10.7 Å². The predicted molar refractivity (Wildman–Crippen MR) is 122 cm³/mol. The van der Waals surface area contributed by atoms with Crippen LogP contribution >= 0.6 is 46.8 Å². The molecule has 0 unspecified atom stereocenters. The number of thiophene rings is 1. The van der Waals surface area contributed by atoms with Gasteiger partial charge in [0.2, 0.25) is 10.0 Å². The number of rotatable bonds is 5. The monoisotopic (exact) mass is 492 g/mol. The summed E-state index contributed by atoms with van der Waals surface area (Å²) in [5.74, 6) is 0. The number of hydrazone groups is 1. The summed E-state index contributed by atoms with van der Waals surface area (Å²) in [6.45, 7) is 3.20. The highest BCUT2D eigenvalue weighted by atomic mass is 35.5. The van der Waals surface area contributed by atoms with Crippen LogP contribution in [-0.2, 0) is 14.8 Å². The van der Waals surface area contributed by atoms with Crippen LogP contribution in [0.1, 0.15) is 11.8 Å². The van der Waals surface area contributed by atoms with Gasteiger partial charge in [-0.2, -0.15) is 9.41 Å². The Bertz CT molecular complexity index is 1030. The normalized spacial score (nSPS) is 15.9. The van der Waals surface area contributed by atoms with Gasteiger partial charge in [0.15, 0.2) is 5.11 Å². The van der Waals surface area contributed by atoms with E-state index >= 15 is 0 Å². The summed E-state index contributed by atoms with van der Waals surface area (Å²) in [6, 6.07) is 8.09. The number of ether oxygens (including phenoxy) is 1. The van der Waals surface area contributed by atoms with Gasteiger partial charge in [-0.1, -0.05) is 23.2 Å². The minimum absolute atomic E-state index is 0.127. The van der Waals surface area contributed by atoms with E-state index in [0.29, 0.717) is 47.1 Å². The van der Waals surface area contributed by atoms with Crippen molar-refractivity contribution in [3.8, 4) is 0 Å². The number of nitrogens with one attached hydrogen (secondary N) is 2. The minimum Gasteiger partial charge on any atom is -0.379 e. The highest BCUT2D eigenvalue weighted by Gasteiger charge is 2.27. The molecule has 3 rings (SSSR count). The van der Waals surface area contributed by atoms with Crippen LogP contribution in [0.5, 0.6) is 0 Å². The Morgan fingerprint density at radius 3 is 2.62 bits per heavy atom. The first-order valence-corrected chi connectivity index (χ1v) is 11.9. The molecule has 1 aromatic carbocycles. The molecular weight excluding hydrogens is 475 g/mol. The van der Waals surface area contributed by atoms with Crippen molar-refractivity contribution in [3.63, 3.8) is 0 Å². The zero-order chi connectivity index (χ0) is 21.0. The van der Waals surface area contributed by atoms with Crippen LogP contribution in [0.15, 0.2) is 40.3 Å². The van der Waals surface area contributed by atoms with Crippen LogP contribution in [0.2, 0.25) is 9.36 Å². The molecule has 2 aromatic rings. The molecule has 0 aliphatic carbocycles. The van der Waals surface area contributed by atoms with E-state index < -0.39 is 10.0 Å². The van der Waals surface area contributed by atoms with E-state index in [0.717, 1.165) is 4.88 Å². The van der Waals surface area contributed by atoms with Crippen molar-refractivity contribution in [2.24, 2.45) is 5.10 Å². The highest BCUT2D eigenvalue weighted by Crippen LogP contribution is 2.27. The molecule has 156 valence electrons. The van der Waals surface area contributed by atoms with Gasteiger partial charge >= 0.3 is 0 Å². The maximum atomic E-state index is 12.8. The van der Waals surface area contributed by atoms with Crippen molar-refractivity contribution < 1.29 is 13.2 Å². The van der Waals surface area contributed by atoms with Gasteiger partial charge in [-0.3, -0.25) is 5.43 Å². The molecule has 1 aliphatic rings. The van der Waals surface area contributed by atoms with Gasteiger partial charge in [-0.05, 0) is 49.5 Å². The first-order chi connectivity index (χ1) is 13.8. The van der Waals surface area contributed by atoms with Gasteiger partial charge in [-0.15, -0.1) is 11.3 Å². The second kappa shape index (κ2) is 9.69. The first kappa shape index (κ1) is 22.4. The summed E-state index contributed by atoms with van der Waals surface area (Å²) in [5, 5.41) is 7.61.